The summed E-state index contributed by atoms with van der Waals surface area (Å²) in [5, 5.41) is 8.06. The zero-order valence-electron chi connectivity index (χ0n) is 13.1. The Morgan fingerprint density at radius 2 is 1.84 bits per heavy atom. The van der Waals surface area contributed by atoms with Crippen molar-refractivity contribution in [3.05, 3.63) is 58.5 Å². The number of nitrogens with one attached hydrogen (secondary N) is 2. The molecule has 2 heterocycles. The number of halogens is 2. The van der Waals surface area contributed by atoms with Crippen molar-refractivity contribution in [1.29, 1.82) is 0 Å². The third-order valence-electron chi connectivity index (χ3n) is 3.89. The molecule has 7 heteroatoms. The van der Waals surface area contributed by atoms with Crippen LogP contribution in [0.1, 0.15) is 23.3 Å². The highest BCUT2D eigenvalue weighted by atomic mass is 35.5. The molecule has 0 spiro atoms. The summed E-state index contributed by atoms with van der Waals surface area (Å²) in [7, 11) is 0. The molecule has 0 atom stereocenters. The first-order chi connectivity index (χ1) is 12.1. The van der Waals surface area contributed by atoms with Crippen molar-refractivity contribution in [3.63, 3.8) is 0 Å². The van der Waals surface area contributed by atoms with Crippen LogP contribution in [0.5, 0.6) is 0 Å². The quantitative estimate of drug-likeness (QED) is 0.703. The number of amides is 1. The number of rotatable bonds is 4. The van der Waals surface area contributed by atoms with Gasteiger partial charge in [-0.2, -0.15) is 0 Å². The van der Waals surface area contributed by atoms with Gasteiger partial charge >= 0.3 is 0 Å². The molecular formula is C18H14Cl2N4O. The maximum Gasteiger partial charge on any atom is 0.270 e. The standard InChI is InChI=1S/C18H14Cl2N4O/c19-11-5-12(20)7-14(6-11)22-16-9-21-8-10-1-4-15(24-17(10)16)18(25)23-13-2-3-13/h1,4-9,13,22H,2-3H2,(H,23,25). The van der Waals surface area contributed by atoms with Gasteiger partial charge in [-0.1, -0.05) is 23.2 Å². The SMILES string of the molecule is O=C(NC1CC1)c1ccc2cncc(Nc3cc(Cl)cc(Cl)c3)c2n1. The topological polar surface area (TPSA) is 66.9 Å². The molecule has 0 bridgehead atoms. The van der Waals surface area contributed by atoms with E-state index in [0.717, 1.165) is 23.9 Å². The predicted molar refractivity (Wildman–Crippen MR) is 99.8 cm³/mol. The minimum absolute atomic E-state index is 0.155. The summed E-state index contributed by atoms with van der Waals surface area (Å²) in [5.41, 5.74) is 2.45. The van der Waals surface area contributed by atoms with Gasteiger partial charge in [0.1, 0.15) is 5.69 Å². The molecular weight excluding hydrogens is 359 g/mol. The Bertz CT molecular complexity index is 952. The fourth-order valence-electron chi connectivity index (χ4n) is 2.53. The monoisotopic (exact) mass is 372 g/mol. The van der Waals surface area contributed by atoms with Crippen LogP contribution in [-0.4, -0.2) is 21.9 Å². The van der Waals surface area contributed by atoms with E-state index in [-0.39, 0.29) is 11.9 Å². The van der Waals surface area contributed by atoms with Gasteiger partial charge in [-0.15, -0.1) is 0 Å². The Kier molecular flexibility index (Phi) is 4.19. The normalized spacial score (nSPS) is 13.7. The van der Waals surface area contributed by atoms with E-state index < -0.39 is 0 Å². The van der Waals surface area contributed by atoms with Crippen LogP contribution in [0.2, 0.25) is 10.0 Å². The lowest BCUT2D eigenvalue weighted by Crippen LogP contribution is -2.26. The molecule has 25 heavy (non-hydrogen) atoms. The van der Waals surface area contributed by atoms with Gasteiger partial charge in [0.2, 0.25) is 0 Å². The third-order valence-corrected chi connectivity index (χ3v) is 4.32. The summed E-state index contributed by atoms with van der Waals surface area (Å²) < 4.78 is 0. The van der Waals surface area contributed by atoms with E-state index in [2.05, 4.69) is 20.6 Å². The maximum atomic E-state index is 12.3. The van der Waals surface area contributed by atoms with Crippen molar-refractivity contribution >= 4 is 51.4 Å². The maximum absolute atomic E-state index is 12.3. The summed E-state index contributed by atoms with van der Waals surface area (Å²) in [6, 6.07) is 9.02. The number of pyridine rings is 2. The van der Waals surface area contributed by atoms with Crippen LogP contribution in [0.25, 0.3) is 10.9 Å². The van der Waals surface area contributed by atoms with Crippen molar-refractivity contribution in [2.45, 2.75) is 18.9 Å². The summed E-state index contributed by atoms with van der Waals surface area (Å²) >= 11 is 12.1. The minimum atomic E-state index is -0.155. The molecule has 5 nitrogen and oxygen atoms in total. The van der Waals surface area contributed by atoms with E-state index >= 15 is 0 Å². The van der Waals surface area contributed by atoms with Gasteiger partial charge in [0.15, 0.2) is 0 Å². The first-order valence-corrected chi connectivity index (χ1v) is 8.63. The van der Waals surface area contributed by atoms with Gasteiger partial charge in [-0.25, -0.2) is 4.98 Å². The fraction of sp³-hybridized carbons (Fsp3) is 0.167. The molecule has 1 saturated carbocycles. The minimum Gasteiger partial charge on any atom is -0.352 e. The summed E-state index contributed by atoms with van der Waals surface area (Å²) in [4.78, 5) is 21.0. The number of hydrogen-bond donors (Lipinski definition) is 2. The molecule has 4 rings (SSSR count). The molecule has 1 amide bonds. The predicted octanol–water partition coefficient (Wildman–Crippen LogP) is 4.57. The summed E-state index contributed by atoms with van der Waals surface area (Å²) in [6.45, 7) is 0. The molecule has 0 aliphatic heterocycles. The molecule has 0 saturated heterocycles. The lowest BCUT2D eigenvalue weighted by molar-refractivity contribution is 0.0946. The number of nitrogens with zero attached hydrogens (tertiary/aromatic N) is 2. The van der Waals surface area contributed by atoms with Crippen molar-refractivity contribution < 1.29 is 4.79 Å². The van der Waals surface area contributed by atoms with Gasteiger partial charge in [-0.05, 0) is 43.2 Å². The number of anilines is 2. The van der Waals surface area contributed by atoms with Crippen molar-refractivity contribution in [1.82, 2.24) is 15.3 Å². The van der Waals surface area contributed by atoms with Gasteiger partial charge < -0.3 is 10.6 Å². The van der Waals surface area contributed by atoms with Gasteiger partial charge in [0.05, 0.1) is 17.4 Å². The smallest absolute Gasteiger partial charge is 0.270 e. The highest BCUT2D eigenvalue weighted by molar-refractivity contribution is 6.35. The Morgan fingerprint density at radius 3 is 2.56 bits per heavy atom. The Balaban J connectivity index is 1.70. The first kappa shape index (κ1) is 16.1. The second-order valence-electron chi connectivity index (χ2n) is 5.99. The number of hydrogen-bond acceptors (Lipinski definition) is 4. The first-order valence-electron chi connectivity index (χ1n) is 7.87. The van der Waals surface area contributed by atoms with Crippen LogP contribution in [-0.2, 0) is 0 Å². The Labute approximate surface area is 154 Å². The molecule has 0 unspecified atom stereocenters. The number of carbonyl (C=O) groups is 1. The van der Waals surface area contributed by atoms with Crippen LogP contribution in [0.15, 0.2) is 42.7 Å². The van der Waals surface area contributed by atoms with Crippen molar-refractivity contribution in [2.75, 3.05) is 5.32 Å². The Hall–Kier alpha value is -2.37. The number of benzene rings is 1. The molecule has 2 N–H and O–H groups in total. The lowest BCUT2D eigenvalue weighted by atomic mass is 10.2. The van der Waals surface area contributed by atoms with Crippen LogP contribution >= 0.6 is 23.2 Å². The molecule has 1 fully saturated rings. The molecule has 2 aromatic heterocycles. The van der Waals surface area contributed by atoms with E-state index in [0.29, 0.717) is 26.9 Å². The average molecular weight is 373 g/mol. The van der Waals surface area contributed by atoms with Crippen molar-refractivity contribution in [3.8, 4) is 0 Å². The molecule has 1 aromatic carbocycles. The van der Waals surface area contributed by atoms with E-state index in [9.17, 15) is 4.79 Å². The van der Waals surface area contributed by atoms with Gasteiger partial charge in [0, 0.05) is 33.4 Å². The molecule has 0 radical (unpaired) electrons. The van der Waals surface area contributed by atoms with Gasteiger partial charge in [0.25, 0.3) is 5.91 Å². The summed E-state index contributed by atoms with van der Waals surface area (Å²) in [6.07, 6.45) is 5.44. The van der Waals surface area contributed by atoms with Crippen molar-refractivity contribution in [2.24, 2.45) is 0 Å². The lowest BCUT2D eigenvalue weighted by Gasteiger charge is -2.11. The zero-order chi connectivity index (χ0) is 17.4. The van der Waals surface area contributed by atoms with Gasteiger partial charge in [-0.3, -0.25) is 9.78 Å². The molecule has 126 valence electrons. The fourth-order valence-corrected chi connectivity index (χ4v) is 3.06. The largest absolute Gasteiger partial charge is 0.352 e. The second-order valence-corrected chi connectivity index (χ2v) is 6.86. The van der Waals surface area contributed by atoms with Crippen LogP contribution in [0.4, 0.5) is 11.4 Å². The van der Waals surface area contributed by atoms with E-state index in [1.165, 1.54) is 0 Å². The number of aromatic nitrogens is 2. The average Bonchev–Trinajstić information content (AvgIpc) is 3.38. The highest BCUT2D eigenvalue weighted by Crippen LogP contribution is 2.28. The van der Waals surface area contributed by atoms with Crippen LogP contribution in [0.3, 0.4) is 0 Å². The number of carbonyl (C=O) groups excluding carboxylic acids is 1. The van der Waals surface area contributed by atoms with E-state index in [4.69, 9.17) is 23.2 Å². The van der Waals surface area contributed by atoms with E-state index in [1.54, 1.807) is 36.7 Å². The molecule has 1 aliphatic rings. The molecule has 3 aromatic rings. The van der Waals surface area contributed by atoms with Crippen LogP contribution in [0, 0.1) is 0 Å². The second kappa shape index (κ2) is 6.50. The third kappa shape index (κ3) is 3.67. The highest BCUT2D eigenvalue weighted by Gasteiger charge is 2.24. The molecule has 1 aliphatic carbocycles. The van der Waals surface area contributed by atoms with E-state index in [1.807, 2.05) is 6.07 Å². The Morgan fingerprint density at radius 1 is 1.08 bits per heavy atom. The summed E-state index contributed by atoms with van der Waals surface area (Å²) in [5.74, 6) is -0.155. The van der Waals surface area contributed by atoms with Crippen LogP contribution < -0.4 is 10.6 Å². The number of fused-ring (bicyclic) bond motifs is 1. The zero-order valence-corrected chi connectivity index (χ0v) is 14.6.